The minimum atomic E-state index is 0.563. The fourth-order valence-electron chi connectivity index (χ4n) is 3.04. The molecular weight excluding hydrogens is 318 g/mol. The minimum absolute atomic E-state index is 0.563. The summed E-state index contributed by atoms with van der Waals surface area (Å²) in [6, 6.07) is 1.89. The minimum Gasteiger partial charge on any atom is -0.496 e. The highest BCUT2D eigenvalue weighted by atomic mass is 16.5. The molecule has 1 amide bonds. The fourth-order valence-corrected chi connectivity index (χ4v) is 3.04. The number of aryl methyl sites for hydroxylation is 1. The number of aromatic amines is 1. The van der Waals surface area contributed by atoms with E-state index in [1.165, 1.54) is 0 Å². The molecule has 2 N–H and O–H groups in total. The summed E-state index contributed by atoms with van der Waals surface area (Å²) in [6.07, 6.45) is 6.03. The molecule has 0 aliphatic carbocycles. The van der Waals surface area contributed by atoms with Crippen LogP contribution in [0.4, 0.5) is 11.4 Å². The number of pyridine rings is 2. The van der Waals surface area contributed by atoms with Gasteiger partial charge in [0.2, 0.25) is 6.41 Å². The highest BCUT2D eigenvalue weighted by Crippen LogP contribution is 2.33. The number of anilines is 2. The first-order valence-electron chi connectivity index (χ1n) is 7.93. The van der Waals surface area contributed by atoms with Gasteiger partial charge in [0.15, 0.2) is 0 Å². The molecule has 0 aromatic carbocycles. The highest BCUT2D eigenvalue weighted by molar-refractivity contribution is 6.00. The van der Waals surface area contributed by atoms with E-state index in [2.05, 4.69) is 20.3 Å². The number of hydrogen-bond acceptors (Lipinski definition) is 5. The summed E-state index contributed by atoms with van der Waals surface area (Å²) in [5.41, 5.74) is 5.20. The molecule has 0 aliphatic heterocycles. The van der Waals surface area contributed by atoms with Crippen molar-refractivity contribution < 1.29 is 9.53 Å². The van der Waals surface area contributed by atoms with Crippen molar-refractivity contribution in [2.24, 2.45) is 0 Å². The molecular formula is C18H21N5O2. The summed E-state index contributed by atoms with van der Waals surface area (Å²) >= 11 is 0. The van der Waals surface area contributed by atoms with E-state index in [1.807, 2.05) is 38.1 Å². The molecule has 25 heavy (non-hydrogen) atoms. The summed E-state index contributed by atoms with van der Waals surface area (Å²) in [6.45, 7) is 4.54. The lowest BCUT2D eigenvalue weighted by Crippen LogP contribution is -2.20. The summed E-state index contributed by atoms with van der Waals surface area (Å²) in [4.78, 5) is 25.1. The van der Waals surface area contributed by atoms with Crippen LogP contribution in [0.25, 0.3) is 11.0 Å². The first kappa shape index (κ1) is 16.8. The Morgan fingerprint density at radius 2 is 2.12 bits per heavy atom. The number of hydrogen-bond donors (Lipinski definition) is 2. The topological polar surface area (TPSA) is 83.1 Å². The van der Waals surface area contributed by atoms with Gasteiger partial charge in [0.1, 0.15) is 11.4 Å². The van der Waals surface area contributed by atoms with Crippen molar-refractivity contribution in [3.63, 3.8) is 0 Å². The van der Waals surface area contributed by atoms with E-state index in [4.69, 9.17) is 4.74 Å². The van der Waals surface area contributed by atoms with Crippen molar-refractivity contribution >= 4 is 28.8 Å². The Morgan fingerprint density at radius 1 is 1.32 bits per heavy atom. The van der Waals surface area contributed by atoms with Crippen LogP contribution in [0.15, 0.2) is 24.7 Å². The van der Waals surface area contributed by atoms with Crippen LogP contribution in [0, 0.1) is 13.8 Å². The Balaban J connectivity index is 1.99. The molecule has 0 fully saturated rings. The molecule has 0 atom stereocenters. The number of carbonyl (C=O) groups excluding carboxylic acids is 1. The van der Waals surface area contributed by atoms with Crippen LogP contribution in [-0.4, -0.2) is 35.5 Å². The highest BCUT2D eigenvalue weighted by Gasteiger charge is 2.16. The van der Waals surface area contributed by atoms with Gasteiger partial charge in [-0.15, -0.1) is 0 Å². The van der Waals surface area contributed by atoms with Crippen LogP contribution < -0.4 is 15.0 Å². The normalized spacial score (nSPS) is 10.7. The fraction of sp³-hybridized carbons (Fsp3) is 0.278. The molecule has 0 spiro atoms. The van der Waals surface area contributed by atoms with E-state index < -0.39 is 0 Å². The standard InChI is InChI=1S/C18H21N5O2/c1-11-7-20-14(12(2)17(11)25-4)9-23(3)15-8-21-18-13(5-6-19-18)16(15)22-10-24/h5-8,10H,9H2,1-4H3,(H2,19,21,22,24). The van der Waals surface area contributed by atoms with Crippen molar-refractivity contribution in [3.8, 4) is 5.75 Å². The van der Waals surface area contributed by atoms with E-state index in [9.17, 15) is 4.79 Å². The lowest BCUT2D eigenvalue weighted by atomic mass is 10.1. The van der Waals surface area contributed by atoms with Crippen LogP contribution in [0.1, 0.15) is 16.8 Å². The zero-order valence-electron chi connectivity index (χ0n) is 14.8. The van der Waals surface area contributed by atoms with Crippen LogP contribution in [0.3, 0.4) is 0 Å². The molecule has 3 aromatic heterocycles. The van der Waals surface area contributed by atoms with Gasteiger partial charge in [-0.3, -0.25) is 9.78 Å². The Labute approximate surface area is 146 Å². The smallest absolute Gasteiger partial charge is 0.211 e. The van der Waals surface area contributed by atoms with Gasteiger partial charge < -0.3 is 19.9 Å². The number of H-pyrrole nitrogens is 1. The van der Waals surface area contributed by atoms with Gasteiger partial charge in [-0.05, 0) is 19.9 Å². The first-order valence-corrected chi connectivity index (χ1v) is 7.93. The number of fused-ring (bicyclic) bond motifs is 1. The number of rotatable bonds is 6. The zero-order valence-corrected chi connectivity index (χ0v) is 14.8. The van der Waals surface area contributed by atoms with Crippen molar-refractivity contribution in [1.82, 2.24) is 15.0 Å². The number of ether oxygens (including phenoxy) is 1. The molecule has 7 nitrogen and oxygen atoms in total. The Bertz CT molecular complexity index is 919. The number of aromatic nitrogens is 3. The SMILES string of the molecule is COc1c(C)cnc(CN(C)c2cnc3[nH]ccc3c2NC=O)c1C. The molecule has 0 saturated heterocycles. The van der Waals surface area contributed by atoms with Crippen molar-refractivity contribution in [1.29, 1.82) is 0 Å². The molecule has 3 aromatic rings. The van der Waals surface area contributed by atoms with Gasteiger partial charge in [-0.1, -0.05) is 0 Å². The summed E-state index contributed by atoms with van der Waals surface area (Å²) in [7, 11) is 3.61. The second-order valence-electron chi connectivity index (χ2n) is 5.92. The van der Waals surface area contributed by atoms with E-state index in [1.54, 1.807) is 19.5 Å². The molecule has 3 heterocycles. The molecule has 0 radical (unpaired) electrons. The summed E-state index contributed by atoms with van der Waals surface area (Å²) < 4.78 is 5.48. The van der Waals surface area contributed by atoms with E-state index in [0.717, 1.165) is 45.0 Å². The molecule has 130 valence electrons. The molecule has 0 unspecified atom stereocenters. The Morgan fingerprint density at radius 3 is 2.84 bits per heavy atom. The van der Waals surface area contributed by atoms with Crippen LogP contribution in [-0.2, 0) is 11.3 Å². The van der Waals surface area contributed by atoms with Gasteiger partial charge in [-0.2, -0.15) is 0 Å². The summed E-state index contributed by atoms with van der Waals surface area (Å²) in [5.74, 6) is 0.851. The maximum Gasteiger partial charge on any atom is 0.211 e. The molecule has 0 saturated carbocycles. The molecule has 0 aliphatic rings. The average molecular weight is 339 g/mol. The second kappa shape index (κ2) is 6.80. The van der Waals surface area contributed by atoms with Crippen molar-refractivity contribution in [2.45, 2.75) is 20.4 Å². The van der Waals surface area contributed by atoms with Crippen LogP contribution >= 0.6 is 0 Å². The van der Waals surface area contributed by atoms with Crippen LogP contribution in [0.5, 0.6) is 5.75 Å². The van der Waals surface area contributed by atoms with Crippen molar-refractivity contribution in [2.75, 3.05) is 24.4 Å². The largest absolute Gasteiger partial charge is 0.496 e. The second-order valence-corrected chi connectivity index (χ2v) is 5.92. The van der Waals surface area contributed by atoms with E-state index >= 15 is 0 Å². The predicted octanol–water partition coefficient (Wildman–Crippen LogP) is 2.79. The third-order valence-electron chi connectivity index (χ3n) is 4.32. The molecule has 3 rings (SSSR count). The summed E-state index contributed by atoms with van der Waals surface area (Å²) in [5, 5.41) is 3.65. The lowest BCUT2D eigenvalue weighted by Gasteiger charge is -2.23. The van der Waals surface area contributed by atoms with Gasteiger partial charge in [0, 0.05) is 36.0 Å². The predicted molar refractivity (Wildman–Crippen MR) is 98.2 cm³/mol. The third-order valence-corrected chi connectivity index (χ3v) is 4.32. The monoisotopic (exact) mass is 339 g/mol. The molecule has 0 bridgehead atoms. The van der Waals surface area contributed by atoms with Gasteiger partial charge in [0.05, 0.1) is 36.9 Å². The van der Waals surface area contributed by atoms with Crippen LogP contribution in [0.2, 0.25) is 0 Å². The van der Waals surface area contributed by atoms with Gasteiger partial charge in [0.25, 0.3) is 0 Å². The number of carbonyl (C=O) groups is 1. The third kappa shape index (κ3) is 3.00. The van der Waals surface area contributed by atoms with Gasteiger partial charge in [-0.25, -0.2) is 4.98 Å². The van der Waals surface area contributed by atoms with Gasteiger partial charge >= 0.3 is 0 Å². The average Bonchev–Trinajstić information content (AvgIpc) is 3.07. The lowest BCUT2D eigenvalue weighted by molar-refractivity contribution is -0.105. The Hall–Kier alpha value is -3.09. The van der Waals surface area contributed by atoms with E-state index in [0.29, 0.717) is 13.0 Å². The quantitative estimate of drug-likeness (QED) is 0.675. The molecule has 7 heteroatoms. The number of nitrogens with one attached hydrogen (secondary N) is 2. The maximum atomic E-state index is 11.1. The Kier molecular flexibility index (Phi) is 4.56. The zero-order chi connectivity index (χ0) is 18.0. The number of methoxy groups -OCH3 is 1. The van der Waals surface area contributed by atoms with E-state index in [-0.39, 0.29) is 0 Å². The maximum absolute atomic E-state index is 11.1. The number of amides is 1. The first-order chi connectivity index (χ1) is 12.1. The number of nitrogens with zero attached hydrogens (tertiary/aromatic N) is 3. The van der Waals surface area contributed by atoms with Crippen molar-refractivity contribution in [3.05, 3.63) is 41.5 Å².